The molecule has 1 N–H and O–H groups in total. The standard InChI is InChI=1S/C16H25NO3S/c1-3-14-8-9-16(10-15(14)12-18)21(19,20)17(2)11-13-6-4-5-7-13/h8-10,13,18H,3-7,11-12H2,1-2H3. The van der Waals surface area contributed by atoms with Crippen molar-refractivity contribution in [3.63, 3.8) is 0 Å². The van der Waals surface area contributed by atoms with E-state index in [9.17, 15) is 13.5 Å². The molecule has 0 spiro atoms. The minimum absolute atomic E-state index is 0.126. The van der Waals surface area contributed by atoms with Crippen molar-refractivity contribution >= 4 is 10.0 Å². The van der Waals surface area contributed by atoms with Gasteiger partial charge in [-0.15, -0.1) is 0 Å². The predicted molar refractivity (Wildman–Crippen MR) is 83.5 cm³/mol. The summed E-state index contributed by atoms with van der Waals surface area (Å²) in [4.78, 5) is 0.282. The summed E-state index contributed by atoms with van der Waals surface area (Å²) in [5.74, 6) is 0.483. The van der Waals surface area contributed by atoms with E-state index in [1.54, 1.807) is 19.2 Å². The van der Waals surface area contributed by atoms with E-state index in [4.69, 9.17) is 0 Å². The predicted octanol–water partition coefficient (Wildman–Crippen LogP) is 2.55. The lowest BCUT2D eigenvalue weighted by Gasteiger charge is -2.21. The first-order valence-corrected chi connectivity index (χ1v) is 9.12. The lowest BCUT2D eigenvalue weighted by Crippen LogP contribution is -2.31. The number of rotatable bonds is 6. The second-order valence-corrected chi connectivity index (χ2v) is 7.92. The highest BCUT2D eigenvalue weighted by Crippen LogP contribution is 2.27. The van der Waals surface area contributed by atoms with Crippen molar-refractivity contribution in [2.45, 2.75) is 50.5 Å². The zero-order valence-corrected chi connectivity index (χ0v) is 13.7. The average Bonchev–Trinajstić information content (AvgIpc) is 2.99. The first kappa shape index (κ1) is 16.5. The number of aliphatic hydroxyl groups excluding tert-OH is 1. The molecule has 2 rings (SSSR count). The highest BCUT2D eigenvalue weighted by Gasteiger charge is 2.25. The Bertz CT molecular complexity index is 577. The fourth-order valence-electron chi connectivity index (χ4n) is 3.09. The van der Waals surface area contributed by atoms with Crippen LogP contribution in [0.1, 0.15) is 43.7 Å². The smallest absolute Gasteiger partial charge is 0.242 e. The van der Waals surface area contributed by atoms with E-state index in [-0.39, 0.29) is 11.5 Å². The van der Waals surface area contributed by atoms with Crippen molar-refractivity contribution in [1.82, 2.24) is 4.31 Å². The Morgan fingerprint density at radius 3 is 2.48 bits per heavy atom. The highest BCUT2D eigenvalue weighted by molar-refractivity contribution is 7.89. The van der Waals surface area contributed by atoms with Crippen LogP contribution in [0.3, 0.4) is 0 Å². The summed E-state index contributed by atoms with van der Waals surface area (Å²) in [5.41, 5.74) is 1.70. The molecule has 1 aromatic carbocycles. The summed E-state index contributed by atoms with van der Waals surface area (Å²) in [6.07, 6.45) is 5.44. The van der Waals surface area contributed by atoms with E-state index >= 15 is 0 Å². The number of aliphatic hydroxyl groups is 1. The van der Waals surface area contributed by atoms with Crippen LogP contribution >= 0.6 is 0 Å². The van der Waals surface area contributed by atoms with Crippen molar-refractivity contribution in [1.29, 1.82) is 0 Å². The van der Waals surface area contributed by atoms with Crippen LogP contribution < -0.4 is 0 Å². The second-order valence-electron chi connectivity index (χ2n) is 5.88. The Kier molecular flexibility index (Phi) is 5.41. The topological polar surface area (TPSA) is 57.6 Å². The van der Waals surface area contributed by atoms with Crippen molar-refractivity contribution < 1.29 is 13.5 Å². The van der Waals surface area contributed by atoms with E-state index in [1.165, 1.54) is 17.1 Å². The van der Waals surface area contributed by atoms with Gasteiger partial charge in [-0.25, -0.2) is 12.7 Å². The first-order valence-electron chi connectivity index (χ1n) is 7.68. The van der Waals surface area contributed by atoms with Crippen LogP contribution in [0.2, 0.25) is 0 Å². The van der Waals surface area contributed by atoms with Gasteiger partial charge in [-0.1, -0.05) is 25.8 Å². The van der Waals surface area contributed by atoms with E-state index in [0.717, 1.165) is 24.8 Å². The maximum Gasteiger partial charge on any atom is 0.242 e. The van der Waals surface area contributed by atoms with Gasteiger partial charge in [0, 0.05) is 13.6 Å². The van der Waals surface area contributed by atoms with Crippen LogP contribution in [-0.4, -0.2) is 31.4 Å². The molecule has 118 valence electrons. The number of aryl methyl sites for hydroxylation is 1. The zero-order valence-electron chi connectivity index (χ0n) is 12.9. The summed E-state index contributed by atoms with van der Waals surface area (Å²) >= 11 is 0. The largest absolute Gasteiger partial charge is 0.392 e. The molecule has 1 aliphatic rings. The summed E-state index contributed by atoms with van der Waals surface area (Å²) in [7, 11) is -1.81. The molecule has 0 bridgehead atoms. The number of benzene rings is 1. The number of sulfonamides is 1. The molecule has 1 saturated carbocycles. The Labute approximate surface area is 127 Å². The van der Waals surface area contributed by atoms with Crippen LogP contribution in [0, 0.1) is 5.92 Å². The van der Waals surface area contributed by atoms with Gasteiger partial charge < -0.3 is 5.11 Å². The van der Waals surface area contributed by atoms with Gasteiger partial charge >= 0.3 is 0 Å². The Morgan fingerprint density at radius 2 is 1.90 bits per heavy atom. The van der Waals surface area contributed by atoms with Crippen molar-refractivity contribution in [2.75, 3.05) is 13.6 Å². The van der Waals surface area contributed by atoms with E-state index < -0.39 is 10.0 Å². The van der Waals surface area contributed by atoms with Gasteiger partial charge in [-0.2, -0.15) is 0 Å². The van der Waals surface area contributed by atoms with Crippen LogP contribution in [0.5, 0.6) is 0 Å². The molecule has 0 heterocycles. The van der Waals surface area contributed by atoms with Gasteiger partial charge in [0.15, 0.2) is 0 Å². The molecule has 1 aliphatic carbocycles. The van der Waals surface area contributed by atoms with Gasteiger partial charge in [0.05, 0.1) is 11.5 Å². The highest BCUT2D eigenvalue weighted by atomic mass is 32.2. The van der Waals surface area contributed by atoms with E-state index in [1.807, 2.05) is 13.0 Å². The fourth-order valence-corrected chi connectivity index (χ4v) is 4.39. The molecule has 0 unspecified atom stereocenters. The third-order valence-corrected chi connectivity index (χ3v) is 6.25. The summed E-state index contributed by atoms with van der Waals surface area (Å²) in [5, 5.41) is 9.40. The number of hydrogen-bond acceptors (Lipinski definition) is 3. The molecule has 0 aliphatic heterocycles. The van der Waals surface area contributed by atoms with E-state index in [2.05, 4.69) is 0 Å². The van der Waals surface area contributed by atoms with Gasteiger partial charge in [0.2, 0.25) is 10.0 Å². The van der Waals surface area contributed by atoms with Crippen molar-refractivity contribution in [3.05, 3.63) is 29.3 Å². The lowest BCUT2D eigenvalue weighted by atomic mass is 10.1. The van der Waals surface area contributed by atoms with Crippen LogP contribution in [-0.2, 0) is 23.1 Å². The van der Waals surface area contributed by atoms with Crippen molar-refractivity contribution in [2.24, 2.45) is 5.92 Å². The molecular weight excluding hydrogens is 286 g/mol. The van der Waals surface area contributed by atoms with Gasteiger partial charge in [0.25, 0.3) is 0 Å². The molecule has 21 heavy (non-hydrogen) atoms. The third kappa shape index (κ3) is 3.65. The zero-order chi connectivity index (χ0) is 15.5. The molecule has 0 amide bonds. The number of hydrogen-bond donors (Lipinski definition) is 1. The average molecular weight is 311 g/mol. The summed E-state index contributed by atoms with van der Waals surface area (Å²) in [6.45, 7) is 2.46. The van der Waals surface area contributed by atoms with E-state index in [0.29, 0.717) is 18.0 Å². The maximum absolute atomic E-state index is 12.6. The Balaban J connectivity index is 2.21. The molecule has 0 atom stereocenters. The minimum atomic E-state index is -3.46. The Hall–Kier alpha value is -0.910. The molecule has 1 aromatic rings. The lowest BCUT2D eigenvalue weighted by molar-refractivity contribution is 0.280. The van der Waals surface area contributed by atoms with Gasteiger partial charge in [0.1, 0.15) is 0 Å². The quantitative estimate of drug-likeness (QED) is 0.878. The monoisotopic (exact) mass is 311 g/mol. The minimum Gasteiger partial charge on any atom is -0.392 e. The number of nitrogens with zero attached hydrogens (tertiary/aromatic N) is 1. The SMILES string of the molecule is CCc1ccc(S(=O)(=O)N(C)CC2CCCC2)cc1CO. The fraction of sp³-hybridized carbons (Fsp3) is 0.625. The normalized spacial score (nSPS) is 16.8. The molecule has 4 nitrogen and oxygen atoms in total. The summed E-state index contributed by atoms with van der Waals surface area (Å²) in [6, 6.07) is 5.07. The first-order chi connectivity index (χ1) is 9.98. The van der Waals surface area contributed by atoms with Crippen LogP contribution in [0.4, 0.5) is 0 Å². The van der Waals surface area contributed by atoms with Gasteiger partial charge in [-0.05, 0) is 48.4 Å². The summed E-state index contributed by atoms with van der Waals surface area (Å²) < 4.78 is 26.7. The molecule has 0 radical (unpaired) electrons. The molecular formula is C16H25NO3S. The van der Waals surface area contributed by atoms with Gasteiger partial charge in [-0.3, -0.25) is 0 Å². The van der Waals surface area contributed by atoms with Crippen molar-refractivity contribution in [3.8, 4) is 0 Å². The molecule has 0 aromatic heterocycles. The molecule has 0 saturated heterocycles. The van der Waals surface area contributed by atoms with Crippen LogP contribution in [0.15, 0.2) is 23.1 Å². The maximum atomic E-state index is 12.6. The molecule has 5 heteroatoms. The molecule has 1 fully saturated rings. The van der Waals surface area contributed by atoms with Crippen LogP contribution in [0.25, 0.3) is 0 Å². The second kappa shape index (κ2) is 6.90. The third-order valence-electron chi connectivity index (χ3n) is 4.43. The Morgan fingerprint density at radius 1 is 1.24 bits per heavy atom.